The van der Waals surface area contributed by atoms with Crippen LogP contribution >= 0.6 is 15.9 Å². The number of likely N-dealkylation sites (N-methyl/N-ethyl adjacent to an activating group) is 1. The molecule has 1 unspecified atom stereocenters. The van der Waals surface area contributed by atoms with E-state index in [1.165, 1.54) is 0 Å². The van der Waals surface area contributed by atoms with Crippen molar-refractivity contribution in [2.75, 3.05) is 7.05 Å². The summed E-state index contributed by atoms with van der Waals surface area (Å²) in [6.45, 7) is 4.46. The van der Waals surface area contributed by atoms with E-state index in [1.807, 2.05) is 62.2 Å². The van der Waals surface area contributed by atoms with Gasteiger partial charge in [0.2, 0.25) is 0 Å². The van der Waals surface area contributed by atoms with Gasteiger partial charge < -0.3 is 4.42 Å². The van der Waals surface area contributed by atoms with Crippen LogP contribution in [0, 0.1) is 6.92 Å². The van der Waals surface area contributed by atoms with Gasteiger partial charge >= 0.3 is 0 Å². The summed E-state index contributed by atoms with van der Waals surface area (Å²) in [5, 5.41) is 0. The van der Waals surface area contributed by atoms with E-state index in [9.17, 15) is 4.79 Å². The number of carbonyl (C=O) groups excluding carboxylic acids is 1. The van der Waals surface area contributed by atoms with Crippen molar-refractivity contribution in [3.63, 3.8) is 0 Å². The molecule has 106 valence electrons. The Kier molecular flexibility index (Phi) is 4.78. The molecule has 0 N–H and O–H groups in total. The van der Waals surface area contributed by atoms with Crippen molar-refractivity contribution >= 4 is 21.7 Å². The molecule has 0 bridgehead atoms. The highest BCUT2D eigenvalue weighted by molar-refractivity contribution is 9.10. The van der Waals surface area contributed by atoms with Crippen LogP contribution in [0.2, 0.25) is 0 Å². The number of carbonyl (C=O) groups is 1. The van der Waals surface area contributed by atoms with E-state index >= 15 is 0 Å². The molecule has 0 radical (unpaired) electrons. The Morgan fingerprint density at radius 1 is 1.25 bits per heavy atom. The normalized spacial score (nSPS) is 12.7. The van der Waals surface area contributed by atoms with Crippen molar-refractivity contribution in [2.24, 2.45) is 0 Å². The van der Waals surface area contributed by atoms with Gasteiger partial charge in [0.15, 0.2) is 5.78 Å². The summed E-state index contributed by atoms with van der Waals surface area (Å²) in [7, 11) is 1.93. The van der Waals surface area contributed by atoms with Crippen LogP contribution in [0.3, 0.4) is 0 Å². The third-order valence-corrected chi connectivity index (χ3v) is 3.90. The second kappa shape index (κ2) is 6.37. The van der Waals surface area contributed by atoms with Crippen LogP contribution in [0.5, 0.6) is 0 Å². The molecule has 3 nitrogen and oxygen atoms in total. The monoisotopic (exact) mass is 335 g/mol. The SMILES string of the molecule is Cc1ccc(CN(C)C(C)C(=O)c2ccc(Br)cc2)o1. The predicted octanol–water partition coefficient (Wildman–Crippen LogP) is 4.05. The summed E-state index contributed by atoms with van der Waals surface area (Å²) in [4.78, 5) is 14.4. The first-order chi connectivity index (χ1) is 9.47. The van der Waals surface area contributed by atoms with E-state index in [2.05, 4.69) is 15.9 Å². The van der Waals surface area contributed by atoms with Crippen LogP contribution in [0.15, 0.2) is 45.3 Å². The lowest BCUT2D eigenvalue weighted by atomic mass is 10.0. The Hall–Kier alpha value is -1.39. The Bertz CT molecular complexity index is 589. The zero-order chi connectivity index (χ0) is 14.7. The lowest BCUT2D eigenvalue weighted by Crippen LogP contribution is -2.35. The van der Waals surface area contributed by atoms with Gasteiger partial charge in [-0.1, -0.05) is 28.1 Å². The molecule has 1 aromatic heterocycles. The van der Waals surface area contributed by atoms with Crippen LogP contribution in [0.4, 0.5) is 0 Å². The molecular weight excluding hydrogens is 318 g/mol. The molecule has 0 saturated carbocycles. The van der Waals surface area contributed by atoms with E-state index in [4.69, 9.17) is 4.42 Å². The maximum absolute atomic E-state index is 12.4. The average Bonchev–Trinajstić information content (AvgIpc) is 2.83. The Morgan fingerprint density at radius 2 is 1.90 bits per heavy atom. The highest BCUT2D eigenvalue weighted by Gasteiger charge is 2.20. The molecule has 0 aliphatic rings. The second-order valence-corrected chi connectivity index (χ2v) is 5.89. The van der Waals surface area contributed by atoms with Crippen molar-refractivity contribution in [2.45, 2.75) is 26.4 Å². The summed E-state index contributed by atoms with van der Waals surface area (Å²) in [5.74, 6) is 1.88. The molecule has 1 heterocycles. The number of benzene rings is 1. The molecule has 1 aromatic carbocycles. The van der Waals surface area contributed by atoms with Gasteiger partial charge in [-0.15, -0.1) is 0 Å². The smallest absolute Gasteiger partial charge is 0.179 e. The number of Topliss-reactive ketones (excluding diaryl/α,β-unsaturated/α-hetero) is 1. The molecule has 20 heavy (non-hydrogen) atoms. The number of ketones is 1. The van der Waals surface area contributed by atoms with Crippen molar-refractivity contribution in [3.8, 4) is 0 Å². The molecule has 0 saturated heterocycles. The van der Waals surface area contributed by atoms with Gasteiger partial charge in [0.25, 0.3) is 0 Å². The van der Waals surface area contributed by atoms with Crippen molar-refractivity contribution in [3.05, 3.63) is 58.0 Å². The minimum Gasteiger partial charge on any atom is -0.465 e. The molecule has 0 aliphatic heterocycles. The molecule has 2 rings (SSSR count). The zero-order valence-electron chi connectivity index (χ0n) is 11.9. The number of hydrogen-bond acceptors (Lipinski definition) is 3. The highest BCUT2D eigenvalue weighted by atomic mass is 79.9. The molecule has 0 spiro atoms. The molecule has 0 fully saturated rings. The lowest BCUT2D eigenvalue weighted by Gasteiger charge is -2.22. The lowest BCUT2D eigenvalue weighted by molar-refractivity contribution is 0.0855. The molecule has 2 aromatic rings. The first-order valence-corrected chi connectivity index (χ1v) is 7.32. The van der Waals surface area contributed by atoms with Gasteiger partial charge in [-0.05, 0) is 45.2 Å². The zero-order valence-corrected chi connectivity index (χ0v) is 13.5. The van der Waals surface area contributed by atoms with Crippen molar-refractivity contribution < 1.29 is 9.21 Å². The minimum atomic E-state index is -0.193. The van der Waals surface area contributed by atoms with Gasteiger partial charge in [0.05, 0.1) is 12.6 Å². The fourth-order valence-electron chi connectivity index (χ4n) is 2.01. The maximum atomic E-state index is 12.4. The molecular formula is C16H18BrNO2. The summed E-state index contributed by atoms with van der Waals surface area (Å²) in [5.41, 5.74) is 0.725. The third-order valence-electron chi connectivity index (χ3n) is 3.37. The van der Waals surface area contributed by atoms with E-state index in [0.717, 1.165) is 21.6 Å². The maximum Gasteiger partial charge on any atom is 0.179 e. The molecule has 0 amide bonds. The summed E-state index contributed by atoms with van der Waals surface area (Å²) in [6.07, 6.45) is 0. The molecule has 4 heteroatoms. The fourth-order valence-corrected chi connectivity index (χ4v) is 2.27. The summed E-state index contributed by atoms with van der Waals surface area (Å²) in [6, 6.07) is 11.1. The standard InChI is InChI=1S/C16H18BrNO2/c1-11-4-9-15(20-11)10-18(3)12(2)16(19)13-5-7-14(17)8-6-13/h4-9,12H,10H2,1-3H3. The van der Waals surface area contributed by atoms with Crippen molar-refractivity contribution in [1.29, 1.82) is 0 Å². The summed E-state index contributed by atoms with van der Waals surface area (Å²) < 4.78 is 6.52. The second-order valence-electron chi connectivity index (χ2n) is 4.97. The number of hydrogen-bond donors (Lipinski definition) is 0. The van der Waals surface area contributed by atoms with E-state index in [1.54, 1.807) is 0 Å². The van der Waals surface area contributed by atoms with E-state index < -0.39 is 0 Å². The van der Waals surface area contributed by atoms with Gasteiger partial charge in [-0.25, -0.2) is 0 Å². The Labute approximate surface area is 127 Å². The fraction of sp³-hybridized carbons (Fsp3) is 0.312. The highest BCUT2D eigenvalue weighted by Crippen LogP contribution is 2.15. The van der Waals surface area contributed by atoms with Gasteiger partial charge in [0.1, 0.15) is 11.5 Å². The van der Waals surface area contributed by atoms with Crippen LogP contribution in [0.1, 0.15) is 28.8 Å². The van der Waals surface area contributed by atoms with Gasteiger partial charge in [-0.3, -0.25) is 9.69 Å². The van der Waals surface area contributed by atoms with E-state index in [0.29, 0.717) is 6.54 Å². The minimum absolute atomic E-state index is 0.114. The summed E-state index contributed by atoms with van der Waals surface area (Å²) >= 11 is 3.37. The molecule has 1 atom stereocenters. The largest absolute Gasteiger partial charge is 0.465 e. The third kappa shape index (κ3) is 3.58. The quantitative estimate of drug-likeness (QED) is 0.772. The number of rotatable bonds is 5. The van der Waals surface area contributed by atoms with E-state index in [-0.39, 0.29) is 11.8 Å². The predicted molar refractivity (Wildman–Crippen MR) is 82.8 cm³/mol. The van der Waals surface area contributed by atoms with Crippen LogP contribution in [-0.2, 0) is 6.54 Å². The van der Waals surface area contributed by atoms with Crippen molar-refractivity contribution in [1.82, 2.24) is 4.90 Å². The topological polar surface area (TPSA) is 33.5 Å². The average molecular weight is 336 g/mol. The molecule has 0 aliphatic carbocycles. The first kappa shape index (κ1) is 15.0. The Morgan fingerprint density at radius 3 is 2.45 bits per heavy atom. The number of aryl methyl sites for hydroxylation is 1. The number of furan rings is 1. The number of halogens is 1. The van der Waals surface area contributed by atoms with Gasteiger partial charge in [-0.2, -0.15) is 0 Å². The van der Waals surface area contributed by atoms with Gasteiger partial charge in [0, 0.05) is 10.0 Å². The van der Waals surface area contributed by atoms with Crippen LogP contribution in [0.25, 0.3) is 0 Å². The number of nitrogens with zero attached hydrogens (tertiary/aromatic N) is 1. The van der Waals surface area contributed by atoms with Crippen LogP contribution < -0.4 is 0 Å². The van der Waals surface area contributed by atoms with Crippen LogP contribution in [-0.4, -0.2) is 23.8 Å². The Balaban J connectivity index is 2.04. The first-order valence-electron chi connectivity index (χ1n) is 6.52.